The number of anilines is 2. The zero-order valence-electron chi connectivity index (χ0n) is 22.3. The zero-order valence-corrected chi connectivity index (χ0v) is 22.3. The van der Waals surface area contributed by atoms with Crippen LogP contribution in [0.5, 0.6) is 11.5 Å². The van der Waals surface area contributed by atoms with Crippen LogP contribution in [-0.4, -0.2) is 27.3 Å². The molecule has 0 saturated carbocycles. The molecule has 0 aromatic heterocycles. The van der Waals surface area contributed by atoms with E-state index in [-0.39, 0.29) is 0 Å². The predicted octanol–water partition coefficient (Wildman–Crippen LogP) is 8.32. The standard InChI is InChI=1S/C16H19NO.C11H11NO.2C2H6/c1-18-14-11-13-7-3-4-8-15(13)16(12-14)17-9-5-2-6-10-17;1-13-9-6-8-4-2-3-5-10(8)11(12)7-9;2*1-2/h3-4,7-8,11-12H,2,5-6,9-10H2,1H3;2-7H,12H2,1H3;2*1-2H3. The quantitative estimate of drug-likeness (QED) is 0.303. The van der Waals surface area contributed by atoms with Crippen LogP contribution >= 0.6 is 0 Å². The van der Waals surface area contributed by atoms with Gasteiger partial charge in [0, 0.05) is 47.4 Å². The van der Waals surface area contributed by atoms with Gasteiger partial charge in [-0.3, -0.25) is 0 Å². The molecular weight excluding hydrogens is 432 g/mol. The third-order valence-corrected chi connectivity index (χ3v) is 5.85. The van der Waals surface area contributed by atoms with Gasteiger partial charge in [0.1, 0.15) is 11.5 Å². The maximum Gasteiger partial charge on any atom is 0.121 e. The number of benzene rings is 4. The topological polar surface area (TPSA) is 47.7 Å². The molecule has 1 aliphatic heterocycles. The van der Waals surface area contributed by atoms with Crippen molar-refractivity contribution in [1.82, 2.24) is 0 Å². The summed E-state index contributed by atoms with van der Waals surface area (Å²) >= 11 is 0. The van der Waals surface area contributed by atoms with Gasteiger partial charge in [-0.15, -0.1) is 0 Å². The van der Waals surface area contributed by atoms with E-state index < -0.39 is 0 Å². The fourth-order valence-electron chi connectivity index (χ4n) is 4.21. The molecule has 1 fully saturated rings. The summed E-state index contributed by atoms with van der Waals surface area (Å²) < 4.78 is 10.6. The van der Waals surface area contributed by atoms with Crippen molar-refractivity contribution in [2.45, 2.75) is 47.0 Å². The summed E-state index contributed by atoms with van der Waals surface area (Å²) in [5, 5.41) is 4.78. The molecule has 0 amide bonds. The highest BCUT2D eigenvalue weighted by Gasteiger charge is 2.14. The van der Waals surface area contributed by atoms with Gasteiger partial charge in [-0.05, 0) is 42.2 Å². The minimum atomic E-state index is 0.759. The van der Waals surface area contributed by atoms with Crippen molar-refractivity contribution in [3.8, 4) is 11.5 Å². The molecule has 4 heteroatoms. The van der Waals surface area contributed by atoms with Gasteiger partial charge in [0.2, 0.25) is 0 Å². The average Bonchev–Trinajstić information content (AvgIpc) is 2.95. The summed E-state index contributed by atoms with van der Waals surface area (Å²) in [7, 11) is 3.38. The second-order valence-electron chi connectivity index (χ2n) is 7.85. The zero-order chi connectivity index (χ0) is 25.6. The van der Waals surface area contributed by atoms with Crippen LogP contribution < -0.4 is 20.1 Å². The Morgan fingerprint density at radius 1 is 0.629 bits per heavy atom. The second kappa shape index (κ2) is 14.8. The lowest BCUT2D eigenvalue weighted by molar-refractivity contribution is 0.415. The lowest BCUT2D eigenvalue weighted by Crippen LogP contribution is -2.29. The Morgan fingerprint density at radius 3 is 1.69 bits per heavy atom. The van der Waals surface area contributed by atoms with E-state index in [1.54, 1.807) is 14.2 Å². The van der Waals surface area contributed by atoms with Gasteiger partial charge in [-0.2, -0.15) is 0 Å². The number of nitrogens with two attached hydrogens (primary N) is 1. The number of hydrogen-bond donors (Lipinski definition) is 1. The fraction of sp³-hybridized carbons (Fsp3) is 0.355. The Balaban J connectivity index is 0.000000225. The molecule has 1 saturated heterocycles. The summed E-state index contributed by atoms with van der Waals surface area (Å²) in [5.74, 6) is 1.76. The molecule has 0 aliphatic carbocycles. The van der Waals surface area contributed by atoms with Crippen LogP contribution in [0.2, 0.25) is 0 Å². The van der Waals surface area contributed by atoms with Gasteiger partial charge in [-0.1, -0.05) is 76.2 Å². The normalized spacial score (nSPS) is 12.3. The van der Waals surface area contributed by atoms with Crippen molar-refractivity contribution in [3.05, 3.63) is 72.8 Å². The first kappa shape index (κ1) is 27.8. The van der Waals surface area contributed by atoms with Crippen LogP contribution in [0.1, 0.15) is 47.0 Å². The molecule has 0 spiro atoms. The van der Waals surface area contributed by atoms with Crippen molar-refractivity contribution in [2.24, 2.45) is 0 Å². The predicted molar refractivity (Wildman–Crippen MR) is 154 cm³/mol. The highest BCUT2D eigenvalue weighted by molar-refractivity contribution is 5.96. The monoisotopic (exact) mass is 474 g/mol. The van der Waals surface area contributed by atoms with Crippen molar-refractivity contribution < 1.29 is 9.47 Å². The van der Waals surface area contributed by atoms with Gasteiger partial charge in [-0.25, -0.2) is 0 Å². The minimum Gasteiger partial charge on any atom is -0.497 e. The summed E-state index contributed by atoms with van der Waals surface area (Å²) in [5.41, 5.74) is 7.94. The van der Waals surface area contributed by atoms with E-state index in [0.717, 1.165) is 41.0 Å². The molecule has 2 N–H and O–H groups in total. The third kappa shape index (κ3) is 7.29. The van der Waals surface area contributed by atoms with Gasteiger partial charge in [0.05, 0.1) is 14.2 Å². The van der Waals surface area contributed by atoms with Gasteiger partial charge < -0.3 is 20.1 Å². The third-order valence-electron chi connectivity index (χ3n) is 5.85. The Bertz CT molecular complexity index is 1170. The number of hydrogen-bond acceptors (Lipinski definition) is 4. The van der Waals surface area contributed by atoms with E-state index in [1.807, 2.05) is 64.1 Å². The Labute approximate surface area is 211 Å². The van der Waals surface area contributed by atoms with Crippen molar-refractivity contribution >= 4 is 32.9 Å². The van der Waals surface area contributed by atoms with Crippen LogP contribution in [0.15, 0.2) is 72.8 Å². The molecule has 4 aromatic rings. The summed E-state index contributed by atoms with van der Waals surface area (Å²) in [4.78, 5) is 2.49. The average molecular weight is 475 g/mol. The Morgan fingerprint density at radius 2 is 1.11 bits per heavy atom. The molecular formula is C31H42N2O2. The smallest absolute Gasteiger partial charge is 0.121 e. The second-order valence-corrected chi connectivity index (χ2v) is 7.85. The minimum absolute atomic E-state index is 0.759. The number of ether oxygens (including phenoxy) is 2. The SMILES string of the molecule is CC.CC.COc1cc(N)c2ccccc2c1.COc1cc(N2CCCCC2)c2ccccc2c1. The first-order valence-corrected chi connectivity index (χ1v) is 12.8. The highest BCUT2D eigenvalue weighted by Crippen LogP contribution is 2.33. The summed E-state index contributed by atoms with van der Waals surface area (Å²) in [6.07, 6.45) is 3.95. The van der Waals surface area contributed by atoms with Crippen LogP contribution in [0.25, 0.3) is 21.5 Å². The molecule has 4 nitrogen and oxygen atoms in total. The van der Waals surface area contributed by atoms with Crippen LogP contribution in [0.3, 0.4) is 0 Å². The summed E-state index contributed by atoms with van der Waals surface area (Å²) in [6, 6.07) is 24.7. The molecule has 0 bridgehead atoms. The van der Waals surface area contributed by atoms with Crippen LogP contribution in [0.4, 0.5) is 11.4 Å². The molecule has 0 unspecified atom stereocenters. The fourth-order valence-corrected chi connectivity index (χ4v) is 4.21. The molecule has 5 rings (SSSR count). The number of rotatable bonds is 3. The lowest BCUT2D eigenvalue weighted by atomic mass is 10.0. The number of methoxy groups -OCH3 is 2. The van der Waals surface area contributed by atoms with Crippen molar-refractivity contribution in [1.29, 1.82) is 0 Å². The van der Waals surface area contributed by atoms with E-state index in [9.17, 15) is 0 Å². The molecule has 0 atom stereocenters. The van der Waals surface area contributed by atoms with Gasteiger partial charge >= 0.3 is 0 Å². The van der Waals surface area contributed by atoms with Gasteiger partial charge in [0.25, 0.3) is 0 Å². The summed E-state index contributed by atoms with van der Waals surface area (Å²) in [6.45, 7) is 10.3. The van der Waals surface area contributed by atoms with E-state index in [4.69, 9.17) is 15.2 Å². The van der Waals surface area contributed by atoms with Crippen molar-refractivity contribution in [3.63, 3.8) is 0 Å². The molecule has 188 valence electrons. The highest BCUT2D eigenvalue weighted by atomic mass is 16.5. The Kier molecular flexibility index (Phi) is 11.8. The lowest BCUT2D eigenvalue weighted by Gasteiger charge is -2.30. The first-order chi connectivity index (χ1) is 17.2. The first-order valence-electron chi connectivity index (χ1n) is 12.8. The molecule has 1 heterocycles. The van der Waals surface area contributed by atoms with Crippen molar-refractivity contribution in [2.75, 3.05) is 37.9 Å². The molecule has 4 aromatic carbocycles. The molecule has 1 aliphatic rings. The van der Waals surface area contributed by atoms with Gasteiger partial charge in [0.15, 0.2) is 0 Å². The number of fused-ring (bicyclic) bond motifs is 2. The molecule has 35 heavy (non-hydrogen) atoms. The largest absolute Gasteiger partial charge is 0.497 e. The van der Waals surface area contributed by atoms with Crippen LogP contribution in [-0.2, 0) is 0 Å². The van der Waals surface area contributed by atoms with E-state index >= 15 is 0 Å². The number of nitrogens with zero attached hydrogens (tertiary/aromatic N) is 1. The number of piperidine rings is 1. The van der Waals surface area contributed by atoms with E-state index in [2.05, 4.69) is 41.3 Å². The maximum atomic E-state index is 5.85. The number of nitrogen functional groups attached to an aromatic ring is 1. The van der Waals surface area contributed by atoms with E-state index in [1.165, 1.54) is 35.7 Å². The Hall–Kier alpha value is -3.40. The van der Waals surface area contributed by atoms with Crippen LogP contribution in [0, 0.1) is 0 Å². The molecule has 0 radical (unpaired) electrons. The maximum absolute atomic E-state index is 5.85. The van der Waals surface area contributed by atoms with E-state index in [0.29, 0.717) is 0 Å².